The molecule has 152 valence electrons. The van der Waals surface area contributed by atoms with Gasteiger partial charge in [0.05, 0.1) is 20.8 Å². The summed E-state index contributed by atoms with van der Waals surface area (Å²) in [7, 11) is 0. The van der Waals surface area contributed by atoms with Gasteiger partial charge in [-0.2, -0.15) is 0 Å². The van der Waals surface area contributed by atoms with Gasteiger partial charge in [0, 0.05) is 11.6 Å². The number of amides is 1. The van der Waals surface area contributed by atoms with Crippen molar-refractivity contribution >= 4 is 39.6 Å². The topological polar surface area (TPSA) is 54.9 Å². The van der Waals surface area contributed by atoms with E-state index in [2.05, 4.69) is 35.1 Å². The van der Waals surface area contributed by atoms with E-state index in [0.717, 1.165) is 38.6 Å². The molecule has 3 aromatic heterocycles. The van der Waals surface area contributed by atoms with Crippen molar-refractivity contribution in [1.29, 1.82) is 0 Å². The molecule has 0 radical (unpaired) electrons. The molecule has 4 aromatic rings. The Hall–Kier alpha value is -2.57. The number of hydrogen-bond acceptors (Lipinski definition) is 5. The van der Waals surface area contributed by atoms with E-state index < -0.39 is 0 Å². The Morgan fingerprint density at radius 1 is 0.933 bits per heavy atom. The van der Waals surface area contributed by atoms with Crippen LogP contribution in [0.25, 0.3) is 32.2 Å². The minimum absolute atomic E-state index is 0.0162. The summed E-state index contributed by atoms with van der Waals surface area (Å²) in [6.45, 7) is 2.23. The third kappa shape index (κ3) is 3.77. The van der Waals surface area contributed by atoms with E-state index in [4.69, 9.17) is 9.97 Å². The molecule has 0 spiro atoms. The molecule has 6 heteroatoms. The van der Waals surface area contributed by atoms with E-state index >= 15 is 0 Å². The molecular weight excluding hydrogens is 410 g/mol. The Balaban J connectivity index is 1.53. The molecule has 0 saturated heterocycles. The highest BCUT2D eigenvalue weighted by Gasteiger charge is 2.23. The largest absolute Gasteiger partial charge is 0.349 e. The van der Waals surface area contributed by atoms with Gasteiger partial charge in [0.1, 0.15) is 11.4 Å². The molecule has 1 saturated carbocycles. The lowest BCUT2D eigenvalue weighted by atomic mass is 9.86. The summed E-state index contributed by atoms with van der Waals surface area (Å²) >= 11 is 3.31. The van der Waals surface area contributed by atoms with Crippen LogP contribution in [0.3, 0.4) is 0 Å². The SMILES string of the molecule is C[C@@H]1CCCC[C@@H]1NC(=O)c1ccc2nc(-c3cccs3)c(-c3cccs3)nc2c1. The van der Waals surface area contributed by atoms with E-state index in [0.29, 0.717) is 11.5 Å². The average molecular weight is 434 g/mol. The molecule has 1 aliphatic rings. The van der Waals surface area contributed by atoms with Crippen LogP contribution in [0.1, 0.15) is 43.0 Å². The number of rotatable bonds is 4. The third-order valence-electron chi connectivity index (χ3n) is 5.86. The van der Waals surface area contributed by atoms with Crippen LogP contribution in [-0.4, -0.2) is 21.9 Å². The van der Waals surface area contributed by atoms with E-state index in [-0.39, 0.29) is 11.9 Å². The van der Waals surface area contributed by atoms with Crippen LogP contribution in [0, 0.1) is 5.92 Å². The minimum Gasteiger partial charge on any atom is -0.349 e. The van der Waals surface area contributed by atoms with Crippen molar-refractivity contribution in [3.63, 3.8) is 0 Å². The summed E-state index contributed by atoms with van der Waals surface area (Å²) in [6.07, 6.45) is 4.70. The van der Waals surface area contributed by atoms with Gasteiger partial charge >= 0.3 is 0 Å². The van der Waals surface area contributed by atoms with Gasteiger partial charge in [-0.1, -0.05) is 31.9 Å². The summed E-state index contributed by atoms with van der Waals surface area (Å²) in [5.74, 6) is 0.513. The number of aromatic nitrogens is 2. The highest BCUT2D eigenvalue weighted by Crippen LogP contribution is 2.35. The molecule has 5 rings (SSSR count). The lowest BCUT2D eigenvalue weighted by molar-refractivity contribution is 0.0910. The van der Waals surface area contributed by atoms with Crippen LogP contribution in [0.4, 0.5) is 0 Å². The Morgan fingerprint density at radius 2 is 1.60 bits per heavy atom. The van der Waals surface area contributed by atoms with Gasteiger partial charge in [-0.05, 0) is 59.9 Å². The zero-order valence-electron chi connectivity index (χ0n) is 16.8. The molecule has 1 aliphatic carbocycles. The Bertz CT molecular complexity index is 1170. The molecule has 2 atom stereocenters. The van der Waals surface area contributed by atoms with Crippen molar-refractivity contribution in [3.05, 3.63) is 58.8 Å². The second-order valence-electron chi connectivity index (χ2n) is 7.92. The molecule has 1 aromatic carbocycles. The standard InChI is InChI=1S/C24H23N3OS2/c1-15-6-2-3-7-17(15)27-24(28)16-10-11-18-19(14-16)26-23(21-9-5-13-30-21)22(25-18)20-8-4-12-29-20/h4-5,8-15,17H,2-3,6-7H2,1H3,(H,27,28)/t15-,17+/m1/s1. The third-order valence-corrected chi connectivity index (χ3v) is 7.62. The molecule has 0 unspecified atom stereocenters. The molecule has 1 amide bonds. The smallest absolute Gasteiger partial charge is 0.251 e. The molecule has 1 fully saturated rings. The Morgan fingerprint density at radius 3 is 2.23 bits per heavy atom. The van der Waals surface area contributed by atoms with Crippen molar-refractivity contribution in [3.8, 4) is 21.1 Å². The van der Waals surface area contributed by atoms with Gasteiger partial charge < -0.3 is 5.32 Å². The van der Waals surface area contributed by atoms with Crippen molar-refractivity contribution in [2.45, 2.75) is 38.6 Å². The van der Waals surface area contributed by atoms with Crippen LogP contribution in [0.5, 0.6) is 0 Å². The summed E-state index contributed by atoms with van der Waals surface area (Å²) in [5, 5.41) is 7.35. The number of benzene rings is 1. The van der Waals surface area contributed by atoms with E-state index in [1.54, 1.807) is 22.7 Å². The van der Waals surface area contributed by atoms with Gasteiger partial charge in [0.25, 0.3) is 5.91 Å². The van der Waals surface area contributed by atoms with Crippen molar-refractivity contribution < 1.29 is 4.79 Å². The number of thiophene rings is 2. The molecule has 1 N–H and O–H groups in total. The van der Waals surface area contributed by atoms with Crippen LogP contribution < -0.4 is 5.32 Å². The van der Waals surface area contributed by atoms with Crippen LogP contribution >= 0.6 is 22.7 Å². The van der Waals surface area contributed by atoms with Crippen molar-refractivity contribution in [1.82, 2.24) is 15.3 Å². The normalized spacial score (nSPS) is 19.1. The fraction of sp³-hybridized carbons (Fsp3) is 0.292. The van der Waals surface area contributed by atoms with Crippen LogP contribution in [0.15, 0.2) is 53.2 Å². The van der Waals surface area contributed by atoms with Crippen molar-refractivity contribution in [2.24, 2.45) is 5.92 Å². The monoisotopic (exact) mass is 433 g/mol. The first-order valence-electron chi connectivity index (χ1n) is 10.4. The fourth-order valence-corrected chi connectivity index (χ4v) is 5.58. The number of fused-ring (bicyclic) bond motifs is 1. The summed E-state index contributed by atoms with van der Waals surface area (Å²) < 4.78 is 0. The highest BCUT2D eigenvalue weighted by atomic mass is 32.1. The summed E-state index contributed by atoms with van der Waals surface area (Å²) in [4.78, 5) is 25.0. The highest BCUT2D eigenvalue weighted by molar-refractivity contribution is 7.14. The predicted octanol–water partition coefficient (Wildman–Crippen LogP) is 6.40. The fourth-order valence-electron chi connectivity index (χ4n) is 4.15. The molecule has 30 heavy (non-hydrogen) atoms. The van der Waals surface area contributed by atoms with Gasteiger partial charge in [0.2, 0.25) is 0 Å². The van der Waals surface area contributed by atoms with E-state index in [1.165, 1.54) is 19.3 Å². The lowest BCUT2D eigenvalue weighted by Crippen LogP contribution is -2.41. The Kier molecular flexibility index (Phi) is 5.35. The van der Waals surface area contributed by atoms with Crippen LogP contribution in [0.2, 0.25) is 0 Å². The molecule has 0 aliphatic heterocycles. The summed E-state index contributed by atoms with van der Waals surface area (Å²) in [5.41, 5.74) is 3.98. The number of carbonyl (C=O) groups is 1. The molecule has 3 heterocycles. The van der Waals surface area contributed by atoms with E-state index in [1.807, 2.05) is 30.3 Å². The first-order chi connectivity index (χ1) is 14.7. The maximum absolute atomic E-state index is 12.9. The number of nitrogens with one attached hydrogen (secondary N) is 1. The second-order valence-corrected chi connectivity index (χ2v) is 9.82. The van der Waals surface area contributed by atoms with Gasteiger partial charge in [-0.25, -0.2) is 9.97 Å². The second kappa shape index (κ2) is 8.28. The Labute approximate surface area is 184 Å². The molecule has 0 bridgehead atoms. The lowest BCUT2D eigenvalue weighted by Gasteiger charge is -2.29. The van der Waals surface area contributed by atoms with Crippen LogP contribution in [-0.2, 0) is 0 Å². The quantitative estimate of drug-likeness (QED) is 0.405. The zero-order valence-corrected chi connectivity index (χ0v) is 18.4. The van der Waals surface area contributed by atoms with Gasteiger partial charge in [0.15, 0.2) is 0 Å². The first-order valence-corrected chi connectivity index (χ1v) is 12.2. The average Bonchev–Trinajstić information content (AvgIpc) is 3.48. The van der Waals surface area contributed by atoms with Gasteiger partial charge in [-0.15, -0.1) is 22.7 Å². The zero-order chi connectivity index (χ0) is 20.5. The maximum atomic E-state index is 12.9. The van der Waals surface area contributed by atoms with E-state index in [9.17, 15) is 4.79 Å². The van der Waals surface area contributed by atoms with Crippen molar-refractivity contribution in [2.75, 3.05) is 0 Å². The summed E-state index contributed by atoms with van der Waals surface area (Å²) in [6, 6.07) is 14.1. The number of carbonyl (C=O) groups excluding carboxylic acids is 1. The number of nitrogens with zero attached hydrogens (tertiary/aromatic N) is 2. The van der Waals surface area contributed by atoms with Gasteiger partial charge in [-0.3, -0.25) is 4.79 Å². The maximum Gasteiger partial charge on any atom is 0.251 e. The first kappa shape index (κ1) is 19.4. The molecule has 4 nitrogen and oxygen atoms in total. The predicted molar refractivity (Wildman–Crippen MR) is 125 cm³/mol. The molecular formula is C24H23N3OS2. The minimum atomic E-state index is -0.0162. The number of hydrogen-bond donors (Lipinski definition) is 1.